The van der Waals surface area contributed by atoms with Crippen LogP contribution in [0.25, 0.3) is 0 Å². The fraction of sp³-hybridized carbons (Fsp3) is 0.600. The van der Waals surface area contributed by atoms with Crippen molar-refractivity contribution in [1.82, 2.24) is 10.6 Å². The fourth-order valence-electron chi connectivity index (χ4n) is 0.978. The third-order valence-corrected chi connectivity index (χ3v) is 2.13. The molecule has 0 bridgehead atoms. The van der Waals surface area contributed by atoms with Gasteiger partial charge in [-0.2, -0.15) is 12.6 Å². The molecule has 0 saturated carbocycles. The quantitative estimate of drug-likeness (QED) is 0.258. The first-order valence-electron chi connectivity index (χ1n) is 5.08. The molecule has 0 spiro atoms. The van der Waals surface area contributed by atoms with Gasteiger partial charge in [0, 0.05) is 12.7 Å². The minimum absolute atomic E-state index is 0.213. The average molecular weight is 262 g/mol. The molecule has 6 nitrogen and oxygen atoms in total. The van der Waals surface area contributed by atoms with Crippen molar-refractivity contribution in [3.8, 4) is 0 Å². The topological polar surface area (TPSA) is 87.7 Å². The summed E-state index contributed by atoms with van der Waals surface area (Å²) >= 11 is 3.97. The van der Waals surface area contributed by atoms with E-state index in [0.29, 0.717) is 0 Å². The summed E-state index contributed by atoms with van der Waals surface area (Å²) in [5.41, 5.74) is 0. The number of rotatable bonds is 8. The molecule has 7 heteroatoms. The molecule has 0 aliphatic heterocycles. The smallest absolute Gasteiger partial charge is 0.243 e. The lowest BCUT2D eigenvalue weighted by Crippen LogP contribution is -2.47. The highest BCUT2D eigenvalue weighted by Crippen LogP contribution is 1.91. The lowest BCUT2D eigenvalue weighted by atomic mass is 10.3. The van der Waals surface area contributed by atoms with Gasteiger partial charge < -0.3 is 20.5 Å². The average Bonchev–Trinajstić information content (AvgIpc) is 2.30. The molecule has 0 heterocycles. The van der Waals surface area contributed by atoms with Crippen molar-refractivity contribution in [2.24, 2.45) is 0 Å². The molecule has 2 amide bonds. The lowest BCUT2D eigenvalue weighted by molar-refractivity contribution is -0.127. The minimum atomic E-state index is -0.656. The number of aliphatic hydroxyl groups is 1. The van der Waals surface area contributed by atoms with E-state index in [-0.39, 0.29) is 43.1 Å². The van der Waals surface area contributed by atoms with E-state index in [1.54, 1.807) is 0 Å². The maximum atomic E-state index is 11.5. The molecule has 0 aliphatic carbocycles. The second-order valence-corrected chi connectivity index (χ2v) is 3.64. The predicted molar refractivity (Wildman–Crippen MR) is 66.6 cm³/mol. The van der Waals surface area contributed by atoms with Gasteiger partial charge in [0.2, 0.25) is 11.8 Å². The monoisotopic (exact) mass is 262 g/mol. The van der Waals surface area contributed by atoms with Crippen LogP contribution in [0.15, 0.2) is 12.3 Å². The van der Waals surface area contributed by atoms with Crippen LogP contribution in [0.3, 0.4) is 0 Å². The van der Waals surface area contributed by atoms with E-state index in [2.05, 4.69) is 29.8 Å². The van der Waals surface area contributed by atoms with Crippen LogP contribution >= 0.6 is 12.6 Å². The van der Waals surface area contributed by atoms with Gasteiger partial charge >= 0.3 is 0 Å². The summed E-state index contributed by atoms with van der Waals surface area (Å²) in [5, 5.41) is 13.6. The minimum Gasteiger partial charge on any atom is -0.494 e. The van der Waals surface area contributed by atoms with Crippen LogP contribution in [0.4, 0.5) is 0 Å². The van der Waals surface area contributed by atoms with Crippen LogP contribution in [0.5, 0.6) is 0 Å². The van der Waals surface area contributed by atoms with Crippen LogP contribution in [-0.4, -0.2) is 48.5 Å². The summed E-state index contributed by atoms with van der Waals surface area (Å²) in [4.78, 5) is 22.3. The van der Waals surface area contributed by atoms with Crippen molar-refractivity contribution in [3.05, 3.63) is 12.3 Å². The second kappa shape index (κ2) is 8.89. The Labute approximate surface area is 106 Å². The summed E-state index contributed by atoms with van der Waals surface area (Å²) < 4.78 is 4.97. The van der Waals surface area contributed by atoms with E-state index in [0.717, 1.165) is 0 Å². The Morgan fingerprint density at radius 3 is 2.65 bits per heavy atom. The summed E-state index contributed by atoms with van der Waals surface area (Å²) in [6, 6.07) is -0.656. The van der Waals surface area contributed by atoms with Gasteiger partial charge in [0.15, 0.2) is 0 Å². The number of thiol groups is 1. The summed E-state index contributed by atoms with van der Waals surface area (Å²) in [5.74, 6) is -0.153. The summed E-state index contributed by atoms with van der Waals surface area (Å²) in [6.45, 7) is 4.99. The SMILES string of the molecule is C=C(CO)OCCNC(=O)C(CS)NC(C)=O. The van der Waals surface area contributed by atoms with Gasteiger partial charge in [0.05, 0.1) is 13.2 Å². The number of carbonyl (C=O) groups excluding carboxylic acids is 2. The molecule has 0 fully saturated rings. The van der Waals surface area contributed by atoms with E-state index in [9.17, 15) is 9.59 Å². The van der Waals surface area contributed by atoms with E-state index in [1.807, 2.05) is 0 Å². The molecular weight excluding hydrogens is 244 g/mol. The van der Waals surface area contributed by atoms with Gasteiger partial charge in [0.25, 0.3) is 0 Å². The van der Waals surface area contributed by atoms with Crippen LogP contribution < -0.4 is 10.6 Å². The molecule has 0 aromatic carbocycles. The van der Waals surface area contributed by atoms with Gasteiger partial charge in [-0.1, -0.05) is 6.58 Å². The molecule has 17 heavy (non-hydrogen) atoms. The maximum Gasteiger partial charge on any atom is 0.243 e. The van der Waals surface area contributed by atoms with Crippen molar-refractivity contribution in [2.45, 2.75) is 13.0 Å². The number of aliphatic hydroxyl groups excluding tert-OH is 1. The summed E-state index contributed by atoms with van der Waals surface area (Å²) in [7, 11) is 0. The Kier molecular flexibility index (Phi) is 8.25. The zero-order valence-corrected chi connectivity index (χ0v) is 10.6. The number of amides is 2. The first kappa shape index (κ1) is 15.8. The van der Waals surface area contributed by atoms with Crippen LogP contribution in [0.2, 0.25) is 0 Å². The first-order chi connectivity index (χ1) is 8.01. The van der Waals surface area contributed by atoms with Crippen LogP contribution in [0, 0.1) is 0 Å². The van der Waals surface area contributed by atoms with Gasteiger partial charge in [-0.15, -0.1) is 0 Å². The zero-order valence-electron chi connectivity index (χ0n) is 9.73. The van der Waals surface area contributed by atoms with Crippen molar-refractivity contribution < 1.29 is 19.4 Å². The van der Waals surface area contributed by atoms with Gasteiger partial charge in [-0.05, 0) is 0 Å². The predicted octanol–water partition coefficient (Wildman–Crippen LogP) is -0.940. The molecule has 0 saturated heterocycles. The van der Waals surface area contributed by atoms with E-state index in [4.69, 9.17) is 9.84 Å². The molecule has 1 unspecified atom stereocenters. The number of carbonyl (C=O) groups is 2. The van der Waals surface area contributed by atoms with Crippen molar-refractivity contribution in [1.29, 1.82) is 0 Å². The standard InChI is InChI=1S/C10H18N2O4S/c1-7(5-13)16-4-3-11-10(15)9(6-17)12-8(2)14/h9,13,17H,1,3-6H2,2H3,(H,11,15)(H,12,14). The third-order valence-electron chi connectivity index (χ3n) is 1.76. The van der Waals surface area contributed by atoms with Gasteiger partial charge in [-0.25, -0.2) is 0 Å². The molecule has 1 atom stereocenters. The van der Waals surface area contributed by atoms with E-state index in [1.165, 1.54) is 6.92 Å². The molecule has 98 valence electrons. The van der Waals surface area contributed by atoms with E-state index < -0.39 is 6.04 Å². The largest absolute Gasteiger partial charge is 0.494 e. The Bertz CT molecular complexity index is 283. The summed E-state index contributed by atoms with van der Waals surface area (Å²) in [6.07, 6.45) is 0. The molecule has 0 aromatic heterocycles. The van der Waals surface area contributed by atoms with E-state index >= 15 is 0 Å². The number of nitrogens with one attached hydrogen (secondary N) is 2. The van der Waals surface area contributed by atoms with Gasteiger partial charge in [-0.3, -0.25) is 9.59 Å². The zero-order chi connectivity index (χ0) is 13.3. The molecule has 0 radical (unpaired) electrons. The highest BCUT2D eigenvalue weighted by Gasteiger charge is 2.16. The van der Waals surface area contributed by atoms with Crippen molar-refractivity contribution in [3.63, 3.8) is 0 Å². The number of hydrogen-bond donors (Lipinski definition) is 4. The molecule has 0 rings (SSSR count). The number of ether oxygens (including phenoxy) is 1. The third kappa shape index (κ3) is 7.64. The Balaban J connectivity index is 3.83. The molecule has 0 aromatic rings. The molecular formula is C10H18N2O4S. The maximum absolute atomic E-state index is 11.5. The van der Waals surface area contributed by atoms with Crippen LogP contribution in [0.1, 0.15) is 6.92 Å². The fourth-order valence-corrected chi connectivity index (χ4v) is 1.24. The van der Waals surface area contributed by atoms with Gasteiger partial charge in [0.1, 0.15) is 18.4 Å². The Morgan fingerprint density at radius 1 is 1.53 bits per heavy atom. The Hall–Kier alpha value is -1.21. The van der Waals surface area contributed by atoms with Crippen molar-refractivity contribution in [2.75, 3.05) is 25.5 Å². The lowest BCUT2D eigenvalue weighted by Gasteiger charge is -2.15. The highest BCUT2D eigenvalue weighted by atomic mass is 32.1. The Morgan fingerprint density at radius 2 is 2.18 bits per heavy atom. The normalized spacial score (nSPS) is 11.5. The molecule has 0 aliphatic rings. The van der Waals surface area contributed by atoms with Crippen molar-refractivity contribution >= 4 is 24.4 Å². The highest BCUT2D eigenvalue weighted by molar-refractivity contribution is 7.80. The van der Waals surface area contributed by atoms with Crippen LogP contribution in [-0.2, 0) is 14.3 Å². The second-order valence-electron chi connectivity index (χ2n) is 3.27. The molecule has 3 N–H and O–H groups in total. The number of hydrogen-bond acceptors (Lipinski definition) is 5. The first-order valence-corrected chi connectivity index (χ1v) is 5.71.